The first-order valence-electron chi connectivity index (χ1n) is 10.8. The van der Waals surface area contributed by atoms with Gasteiger partial charge in [-0.25, -0.2) is 4.98 Å². The zero-order chi connectivity index (χ0) is 22.1. The number of rotatable bonds is 5. The van der Waals surface area contributed by atoms with Gasteiger partial charge >= 0.3 is 0 Å². The minimum Gasteiger partial charge on any atom is -0.486 e. The summed E-state index contributed by atoms with van der Waals surface area (Å²) in [6, 6.07) is 18.8. The number of imidazole rings is 1. The van der Waals surface area contributed by atoms with Crippen molar-refractivity contribution in [2.75, 3.05) is 13.1 Å². The Morgan fingerprint density at radius 3 is 2.91 bits per heavy atom. The van der Waals surface area contributed by atoms with Crippen LogP contribution in [0.15, 0.2) is 65.1 Å². The molecule has 1 fully saturated rings. The molecule has 164 valence electrons. The Hall–Kier alpha value is -3.25. The Bertz CT molecular complexity index is 1260. The summed E-state index contributed by atoms with van der Waals surface area (Å²) in [5.74, 6) is 2.72. The van der Waals surface area contributed by atoms with E-state index in [1.54, 1.807) is 24.3 Å². The van der Waals surface area contributed by atoms with Crippen molar-refractivity contribution < 1.29 is 13.9 Å². The summed E-state index contributed by atoms with van der Waals surface area (Å²) in [7, 11) is 2.05. The van der Waals surface area contributed by atoms with Crippen LogP contribution in [0.4, 0.5) is 0 Å². The molecule has 0 bridgehead atoms. The lowest BCUT2D eigenvalue weighted by Crippen LogP contribution is -2.39. The van der Waals surface area contributed by atoms with Gasteiger partial charge in [0.25, 0.3) is 5.91 Å². The molecule has 2 aromatic heterocycles. The van der Waals surface area contributed by atoms with Crippen molar-refractivity contribution in [3.8, 4) is 5.75 Å². The second kappa shape index (κ2) is 8.71. The summed E-state index contributed by atoms with van der Waals surface area (Å²) in [6.07, 6.45) is 1.95. The molecule has 4 aromatic rings. The highest BCUT2D eigenvalue weighted by molar-refractivity contribution is 6.30. The number of piperidine rings is 1. The summed E-state index contributed by atoms with van der Waals surface area (Å²) in [5, 5.41) is 0.609. The standard InChI is InChI=1S/C25H24ClN3O3/c1-28-22-10-3-2-9-21(22)27-24(28)17-6-5-13-29(15-17)25(30)23-12-11-20(32-23)16-31-19-8-4-7-18(26)14-19/h2-4,7-12,14,17H,5-6,13,15-16H2,1H3. The second-order valence-corrected chi connectivity index (χ2v) is 8.56. The van der Waals surface area contributed by atoms with E-state index in [0.29, 0.717) is 35.4 Å². The van der Waals surface area contributed by atoms with Gasteiger partial charge in [-0.3, -0.25) is 4.79 Å². The van der Waals surface area contributed by atoms with Crippen LogP contribution < -0.4 is 4.74 Å². The monoisotopic (exact) mass is 449 g/mol. The number of halogens is 1. The quantitative estimate of drug-likeness (QED) is 0.408. The number of amides is 1. The van der Waals surface area contributed by atoms with E-state index in [0.717, 1.165) is 29.7 Å². The Morgan fingerprint density at radius 2 is 2.06 bits per heavy atom. The SMILES string of the molecule is Cn1c(C2CCCN(C(=O)c3ccc(COc4cccc(Cl)c4)o3)C2)nc2ccccc21. The van der Waals surface area contributed by atoms with Crippen LogP contribution in [0.1, 0.15) is 40.9 Å². The van der Waals surface area contributed by atoms with E-state index in [2.05, 4.69) is 10.6 Å². The maximum atomic E-state index is 13.1. The molecular formula is C25H24ClN3O3. The fraction of sp³-hybridized carbons (Fsp3) is 0.280. The van der Waals surface area contributed by atoms with Crippen LogP contribution in [0, 0.1) is 0 Å². The number of benzene rings is 2. The molecule has 1 aliphatic heterocycles. The summed E-state index contributed by atoms with van der Waals surface area (Å²) in [4.78, 5) is 19.8. The summed E-state index contributed by atoms with van der Waals surface area (Å²) in [6.45, 7) is 1.58. The Labute approximate surface area is 191 Å². The van der Waals surface area contributed by atoms with Crippen molar-refractivity contribution >= 4 is 28.5 Å². The average molecular weight is 450 g/mol. The van der Waals surface area contributed by atoms with Crippen LogP contribution in [0.2, 0.25) is 5.02 Å². The molecule has 5 rings (SSSR count). The molecule has 1 saturated heterocycles. The van der Waals surface area contributed by atoms with Gasteiger partial charge in [0, 0.05) is 31.1 Å². The number of para-hydroxylation sites is 2. The molecule has 0 aliphatic carbocycles. The van der Waals surface area contributed by atoms with Gasteiger partial charge < -0.3 is 18.6 Å². The minimum atomic E-state index is -0.0949. The van der Waals surface area contributed by atoms with Gasteiger partial charge in [0.1, 0.15) is 23.9 Å². The number of furan rings is 1. The average Bonchev–Trinajstić information content (AvgIpc) is 3.42. The molecule has 1 unspecified atom stereocenters. The fourth-order valence-electron chi connectivity index (χ4n) is 4.34. The summed E-state index contributed by atoms with van der Waals surface area (Å²) in [5.41, 5.74) is 2.10. The van der Waals surface area contributed by atoms with Gasteiger partial charge in [-0.1, -0.05) is 29.8 Å². The van der Waals surface area contributed by atoms with Crippen molar-refractivity contribution in [1.29, 1.82) is 0 Å². The molecule has 2 aromatic carbocycles. The maximum Gasteiger partial charge on any atom is 0.289 e. The number of carbonyl (C=O) groups is 1. The van der Waals surface area contributed by atoms with Crippen molar-refractivity contribution in [1.82, 2.24) is 14.5 Å². The zero-order valence-electron chi connectivity index (χ0n) is 17.8. The van der Waals surface area contributed by atoms with E-state index in [9.17, 15) is 4.79 Å². The zero-order valence-corrected chi connectivity index (χ0v) is 18.6. The highest BCUT2D eigenvalue weighted by Gasteiger charge is 2.29. The molecule has 0 spiro atoms. The number of likely N-dealkylation sites (tertiary alicyclic amines) is 1. The van der Waals surface area contributed by atoms with E-state index in [4.69, 9.17) is 25.7 Å². The van der Waals surface area contributed by atoms with Gasteiger partial charge in [-0.2, -0.15) is 0 Å². The third-order valence-corrected chi connectivity index (χ3v) is 6.18. The molecule has 0 N–H and O–H groups in total. The van der Waals surface area contributed by atoms with E-state index in [1.807, 2.05) is 42.3 Å². The van der Waals surface area contributed by atoms with Crippen LogP contribution >= 0.6 is 11.6 Å². The topological polar surface area (TPSA) is 60.5 Å². The molecule has 3 heterocycles. The van der Waals surface area contributed by atoms with Gasteiger partial charge in [0.05, 0.1) is 11.0 Å². The molecule has 1 amide bonds. The van der Waals surface area contributed by atoms with Crippen LogP contribution in [0.5, 0.6) is 5.75 Å². The van der Waals surface area contributed by atoms with E-state index in [1.165, 1.54) is 0 Å². The van der Waals surface area contributed by atoms with E-state index in [-0.39, 0.29) is 18.4 Å². The first-order valence-corrected chi connectivity index (χ1v) is 11.1. The third-order valence-electron chi connectivity index (χ3n) is 5.95. The smallest absolute Gasteiger partial charge is 0.289 e. The van der Waals surface area contributed by atoms with Crippen LogP contribution in [-0.2, 0) is 13.7 Å². The van der Waals surface area contributed by atoms with Crippen LogP contribution in [0.3, 0.4) is 0 Å². The van der Waals surface area contributed by atoms with Gasteiger partial charge in [-0.15, -0.1) is 0 Å². The molecule has 1 atom stereocenters. The first kappa shape index (κ1) is 20.6. The van der Waals surface area contributed by atoms with Crippen molar-refractivity contribution in [3.63, 3.8) is 0 Å². The van der Waals surface area contributed by atoms with Gasteiger partial charge in [0.2, 0.25) is 0 Å². The largest absolute Gasteiger partial charge is 0.486 e. The number of nitrogens with zero attached hydrogens (tertiary/aromatic N) is 3. The molecular weight excluding hydrogens is 426 g/mol. The van der Waals surface area contributed by atoms with Crippen LogP contribution in [-0.4, -0.2) is 33.4 Å². The molecule has 6 nitrogen and oxygen atoms in total. The van der Waals surface area contributed by atoms with E-state index < -0.39 is 0 Å². The van der Waals surface area contributed by atoms with Gasteiger partial charge in [-0.05, 0) is 55.3 Å². The first-order chi connectivity index (χ1) is 15.6. The molecule has 0 radical (unpaired) electrons. The Kier molecular flexibility index (Phi) is 5.62. The number of aromatic nitrogens is 2. The highest BCUT2D eigenvalue weighted by atomic mass is 35.5. The number of ether oxygens (including phenoxy) is 1. The second-order valence-electron chi connectivity index (χ2n) is 8.12. The van der Waals surface area contributed by atoms with Gasteiger partial charge in [0.15, 0.2) is 5.76 Å². The molecule has 7 heteroatoms. The highest BCUT2D eigenvalue weighted by Crippen LogP contribution is 2.29. The molecule has 0 saturated carbocycles. The number of carbonyl (C=O) groups excluding carboxylic acids is 1. The summed E-state index contributed by atoms with van der Waals surface area (Å²) < 4.78 is 13.7. The molecule has 32 heavy (non-hydrogen) atoms. The maximum absolute atomic E-state index is 13.1. The normalized spacial score (nSPS) is 16.4. The molecule has 1 aliphatic rings. The van der Waals surface area contributed by atoms with Crippen molar-refractivity contribution in [3.05, 3.63) is 83.0 Å². The minimum absolute atomic E-state index is 0.0949. The number of aryl methyl sites for hydroxylation is 1. The predicted octanol–water partition coefficient (Wildman–Crippen LogP) is 5.42. The lowest BCUT2D eigenvalue weighted by Gasteiger charge is -2.31. The third kappa shape index (κ3) is 4.10. The lowest BCUT2D eigenvalue weighted by molar-refractivity contribution is 0.0667. The number of hydrogen-bond donors (Lipinski definition) is 0. The van der Waals surface area contributed by atoms with Crippen molar-refractivity contribution in [2.24, 2.45) is 7.05 Å². The number of fused-ring (bicyclic) bond motifs is 1. The Balaban J connectivity index is 1.26. The fourth-order valence-corrected chi connectivity index (χ4v) is 4.52. The Morgan fingerprint density at radius 1 is 1.19 bits per heavy atom. The summed E-state index contributed by atoms with van der Waals surface area (Å²) >= 11 is 5.99. The lowest BCUT2D eigenvalue weighted by atomic mass is 9.97. The van der Waals surface area contributed by atoms with E-state index >= 15 is 0 Å². The van der Waals surface area contributed by atoms with Crippen molar-refractivity contribution in [2.45, 2.75) is 25.4 Å². The predicted molar refractivity (Wildman–Crippen MR) is 123 cm³/mol. The number of hydrogen-bond acceptors (Lipinski definition) is 4. The van der Waals surface area contributed by atoms with Crippen LogP contribution in [0.25, 0.3) is 11.0 Å².